The van der Waals surface area contributed by atoms with E-state index in [-0.39, 0.29) is 4.90 Å². The van der Waals surface area contributed by atoms with Gasteiger partial charge in [0.2, 0.25) is 0 Å². The number of benzene rings is 3. The molecule has 1 aliphatic rings. The quantitative estimate of drug-likeness (QED) is 0.571. The smallest absolute Gasteiger partial charge is 0.175 e. The average Bonchev–Trinajstić information content (AvgIpc) is 2.72. The molecule has 0 saturated heterocycles. The zero-order chi connectivity index (χ0) is 20.6. The first-order chi connectivity index (χ1) is 13.9. The van der Waals surface area contributed by atoms with E-state index in [1.54, 1.807) is 31.4 Å². The topological polar surface area (TPSA) is 52.6 Å². The van der Waals surface area contributed by atoms with Gasteiger partial charge in [0.25, 0.3) is 0 Å². The van der Waals surface area contributed by atoms with Gasteiger partial charge in [0, 0.05) is 23.8 Å². The highest BCUT2D eigenvalue weighted by atomic mass is 35.5. The van der Waals surface area contributed by atoms with Crippen LogP contribution in [0.1, 0.15) is 16.7 Å². The average molecular weight is 427 g/mol. The van der Waals surface area contributed by atoms with Crippen LogP contribution in [-0.2, 0) is 16.3 Å². The molecule has 1 aliphatic heterocycles. The highest BCUT2D eigenvalue weighted by molar-refractivity contribution is 7.90. The Labute approximate surface area is 175 Å². The molecule has 3 aromatic carbocycles. The largest absolute Gasteiger partial charge is 0.495 e. The summed E-state index contributed by atoms with van der Waals surface area (Å²) in [5.74, 6) is 2.08. The Morgan fingerprint density at radius 2 is 1.66 bits per heavy atom. The van der Waals surface area contributed by atoms with Crippen LogP contribution in [0.25, 0.3) is 11.3 Å². The van der Waals surface area contributed by atoms with Crippen LogP contribution >= 0.6 is 11.6 Å². The first kappa shape index (κ1) is 19.6. The van der Waals surface area contributed by atoms with Crippen molar-refractivity contribution in [2.24, 2.45) is 0 Å². The summed E-state index contributed by atoms with van der Waals surface area (Å²) in [6.07, 6.45) is 1.86. The molecule has 6 heteroatoms. The van der Waals surface area contributed by atoms with Gasteiger partial charge in [0.15, 0.2) is 9.84 Å². The van der Waals surface area contributed by atoms with Gasteiger partial charge in [0.1, 0.15) is 17.3 Å². The Balaban J connectivity index is 1.86. The molecule has 3 aromatic rings. The molecule has 0 amide bonds. The van der Waals surface area contributed by atoms with Crippen molar-refractivity contribution in [3.63, 3.8) is 0 Å². The van der Waals surface area contributed by atoms with Gasteiger partial charge < -0.3 is 9.47 Å². The van der Waals surface area contributed by atoms with Crippen molar-refractivity contribution in [2.45, 2.75) is 11.3 Å². The first-order valence-electron chi connectivity index (χ1n) is 9.00. The summed E-state index contributed by atoms with van der Waals surface area (Å²) < 4.78 is 35.1. The van der Waals surface area contributed by atoms with Crippen LogP contribution in [0.2, 0.25) is 5.02 Å². The zero-order valence-electron chi connectivity index (χ0n) is 16.0. The van der Waals surface area contributed by atoms with Crippen molar-refractivity contribution < 1.29 is 17.9 Å². The molecule has 0 radical (unpaired) electrons. The number of halogens is 1. The molecule has 0 fully saturated rings. The molecule has 0 saturated carbocycles. The van der Waals surface area contributed by atoms with Gasteiger partial charge in [-0.15, -0.1) is 0 Å². The van der Waals surface area contributed by atoms with Crippen molar-refractivity contribution in [1.82, 2.24) is 0 Å². The van der Waals surface area contributed by atoms with E-state index in [0.29, 0.717) is 23.0 Å². The van der Waals surface area contributed by atoms with Crippen LogP contribution in [0, 0.1) is 0 Å². The number of hydrogen-bond donors (Lipinski definition) is 0. The van der Waals surface area contributed by atoms with Crippen LogP contribution in [0.3, 0.4) is 0 Å². The summed E-state index contributed by atoms with van der Waals surface area (Å²) in [6.45, 7) is 0. The van der Waals surface area contributed by atoms with Crippen LogP contribution in [0.4, 0.5) is 0 Å². The second-order valence-corrected chi connectivity index (χ2v) is 9.26. The van der Waals surface area contributed by atoms with Crippen LogP contribution < -0.4 is 9.47 Å². The summed E-state index contributed by atoms with van der Waals surface area (Å²) in [6, 6.07) is 20.2. The SMILES string of the molecule is COc1ccc(C2=C(c3ccc(S(C)(=O)=O)cc3)Oc3ccccc3C2)cc1Cl. The Kier molecular flexibility index (Phi) is 5.11. The normalized spacial score (nSPS) is 13.6. The molecule has 4 rings (SSSR count). The maximum absolute atomic E-state index is 11.8. The van der Waals surface area contributed by atoms with Crippen LogP contribution in [-0.4, -0.2) is 21.8 Å². The molecular formula is C23H19ClO4S. The maximum atomic E-state index is 11.8. The van der Waals surface area contributed by atoms with Crippen molar-refractivity contribution in [2.75, 3.05) is 13.4 Å². The molecule has 0 aromatic heterocycles. The standard InChI is InChI=1S/C23H19ClO4S/c1-27-22-12-9-16(14-20(22)24)19-13-17-5-3-4-6-21(17)28-23(19)15-7-10-18(11-8-15)29(2,25)26/h3-12,14H,13H2,1-2H3. The summed E-state index contributed by atoms with van der Waals surface area (Å²) >= 11 is 6.36. The number of rotatable bonds is 4. The fraction of sp³-hybridized carbons (Fsp3) is 0.130. The van der Waals surface area contributed by atoms with E-state index in [9.17, 15) is 8.42 Å². The van der Waals surface area contributed by atoms with Crippen molar-refractivity contribution >= 4 is 32.8 Å². The number of para-hydroxylation sites is 1. The molecule has 0 atom stereocenters. The van der Waals surface area contributed by atoms with E-state index in [1.165, 1.54) is 6.26 Å². The van der Waals surface area contributed by atoms with Gasteiger partial charge in [-0.1, -0.05) is 35.9 Å². The fourth-order valence-corrected chi connectivity index (χ4v) is 4.25. The number of methoxy groups -OCH3 is 1. The third-order valence-corrected chi connectivity index (χ3v) is 6.29. The van der Waals surface area contributed by atoms with E-state index >= 15 is 0 Å². The lowest BCUT2D eigenvalue weighted by molar-refractivity contribution is 0.415. The van der Waals surface area contributed by atoms with Gasteiger partial charge in [-0.25, -0.2) is 8.42 Å². The molecule has 148 valence electrons. The van der Waals surface area contributed by atoms with Crippen molar-refractivity contribution in [3.05, 3.63) is 88.4 Å². The van der Waals surface area contributed by atoms with Gasteiger partial charge in [-0.05, 0) is 53.6 Å². The molecule has 1 heterocycles. The van der Waals surface area contributed by atoms with E-state index in [1.807, 2.05) is 42.5 Å². The third kappa shape index (κ3) is 3.88. The van der Waals surface area contributed by atoms with E-state index in [0.717, 1.165) is 28.0 Å². The van der Waals surface area contributed by atoms with Gasteiger partial charge in [-0.3, -0.25) is 0 Å². The third-order valence-electron chi connectivity index (χ3n) is 4.87. The minimum absolute atomic E-state index is 0.270. The summed E-state index contributed by atoms with van der Waals surface area (Å²) in [4.78, 5) is 0.270. The molecule has 0 spiro atoms. The lowest BCUT2D eigenvalue weighted by Gasteiger charge is -2.24. The monoisotopic (exact) mass is 426 g/mol. The van der Waals surface area contributed by atoms with E-state index in [4.69, 9.17) is 21.1 Å². The molecule has 0 bridgehead atoms. The number of sulfone groups is 1. The Bertz CT molecular complexity index is 1210. The lowest BCUT2D eigenvalue weighted by atomic mass is 9.92. The molecule has 0 N–H and O–H groups in total. The molecule has 0 aliphatic carbocycles. The van der Waals surface area contributed by atoms with Gasteiger partial charge >= 0.3 is 0 Å². The Hall–Kier alpha value is -2.76. The minimum Gasteiger partial charge on any atom is -0.495 e. The minimum atomic E-state index is -3.27. The van der Waals surface area contributed by atoms with Crippen LogP contribution in [0.5, 0.6) is 11.5 Å². The first-order valence-corrected chi connectivity index (χ1v) is 11.3. The second kappa shape index (κ2) is 7.58. The highest BCUT2D eigenvalue weighted by Crippen LogP contribution is 2.40. The predicted octanol–water partition coefficient (Wildman–Crippen LogP) is 5.26. The van der Waals surface area contributed by atoms with Crippen LogP contribution in [0.15, 0.2) is 71.6 Å². The van der Waals surface area contributed by atoms with E-state index < -0.39 is 9.84 Å². The summed E-state index contributed by atoms with van der Waals surface area (Å²) in [5.41, 5.74) is 3.77. The lowest BCUT2D eigenvalue weighted by Crippen LogP contribution is -2.09. The van der Waals surface area contributed by atoms with Crippen molar-refractivity contribution in [3.8, 4) is 11.5 Å². The Morgan fingerprint density at radius 3 is 2.31 bits per heavy atom. The summed E-state index contributed by atoms with van der Waals surface area (Å²) in [7, 11) is -1.69. The van der Waals surface area contributed by atoms with Gasteiger partial charge in [-0.2, -0.15) is 0 Å². The molecule has 0 unspecified atom stereocenters. The number of fused-ring (bicyclic) bond motifs is 1. The molecular weight excluding hydrogens is 408 g/mol. The fourth-order valence-electron chi connectivity index (χ4n) is 3.37. The van der Waals surface area contributed by atoms with Crippen molar-refractivity contribution in [1.29, 1.82) is 0 Å². The number of ether oxygens (including phenoxy) is 2. The molecule has 4 nitrogen and oxygen atoms in total. The van der Waals surface area contributed by atoms with E-state index in [2.05, 4.69) is 0 Å². The zero-order valence-corrected chi connectivity index (χ0v) is 17.5. The molecule has 29 heavy (non-hydrogen) atoms. The summed E-state index contributed by atoms with van der Waals surface area (Å²) in [5, 5.41) is 0.517. The highest BCUT2D eigenvalue weighted by Gasteiger charge is 2.23. The number of allylic oxidation sites excluding steroid dienone is 1. The Morgan fingerprint density at radius 1 is 0.966 bits per heavy atom. The second-order valence-electron chi connectivity index (χ2n) is 6.84. The maximum Gasteiger partial charge on any atom is 0.175 e. The predicted molar refractivity (Wildman–Crippen MR) is 115 cm³/mol. The van der Waals surface area contributed by atoms with Gasteiger partial charge in [0.05, 0.1) is 17.0 Å². The number of hydrogen-bond acceptors (Lipinski definition) is 4.